The first kappa shape index (κ1) is 9.62. The number of halogens is 2. The van der Waals surface area contributed by atoms with Crippen LogP contribution in [0.4, 0.5) is 0 Å². The lowest BCUT2D eigenvalue weighted by molar-refractivity contribution is -0.139. The first-order valence-corrected chi connectivity index (χ1v) is 4.21. The molecule has 0 spiro atoms. The highest BCUT2D eigenvalue weighted by Crippen LogP contribution is 2.34. The van der Waals surface area contributed by atoms with Crippen LogP contribution in [0.3, 0.4) is 0 Å². The first-order chi connectivity index (χ1) is 5.47. The minimum absolute atomic E-state index is 0.251. The summed E-state index contributed by atoms with van der Waals surface area (Å²) < 4.78 is 0. The molecule has 0 aromatic carbocycles. The molecule has 4 heteroatoms. The fourth-order valence-corrected chi connectivity index (χ4v) is 1.50. The Hall–Kier alpha value is -0.470. The van der Waals surface area contributed by atoms with Gasteiger partial charge < -0.3 is 5.11 Å². The zero-order valence-corrected chi connectivity index (χ0v) is 7.93. The highest BCUT2D eigenvalue weighted by Gasteiger charge is 2.40. The highest BCUT2D eigenvalue weighted by molar-refractivity contribution is 6.38. The number of allylic oxidation sites excluding steroid dienone is 3. The molecule has 1 rings (SSSR count). The minimum atomic E-state index is -1.38. The maximum absolute atomic E-state index is 10.8. The Morgan fingerprint density at radius 3 is 2.75 bits per heavy atom. The summed E-state index contributed by atoms with van der Waals surface area (Å²) in [6.07, 6.45) is 4.68. The summed E-state index contributed by atoms with van der Waals surface area (Å²) in [5.41, 5.74) is 0. The Bertz CT molecular complexity index is 270. The van der Waals surface area contributed by atoms with Crippen molar-refractivity contribution < 1.29 is 9.90 Å². The molecule has 0 heterocycles. The van der Waals surface area contributed by atoms with Crippen molar-refractivity contribution in [3.05, 3.63) is 23.3 Å². The third-order valence-electron chi connectivity index (χ3n) is 1.88. The third-order valence-corrected chi connectivity index (χ3v) is 2.73. The molecule has 2 nitrogen and oxygen atoms in total. The monoisotopic (exact) mass is 206 g/mol. The van der Waals surface area contributed by atoms with Crippen molar-refractivity contribution >= 4 is 29.2 Å². The smallest absolute Gasteiger partial charge is 0.329 e. The topological polar surface area (TPSA) is 37.3 Å². The van der Waals surface area contributed by atoms with Crippen LogP contribution >= 0.6 is 23.2 Å². The summed E-state index contributed by atoms with van der Waals surface area (Å²) >= 11 is 11.5. The van der Waals surface area contributed by atoms with Crippen LogP contribution in [0.15, 0.2) is 23.3 Å². The van der Waals surface area contributed by atoms with Crippen molar-refractivity contribution in [3.63, 3.8) is 0 Å². The summed E-state index contributed by atoms with van der Waals surface area (Å²) in [6, 6.07) is 0. The standard InChI is InChI=1S/C8H8Cl2O2/c1-5-2-3-6(9)4-8(5,10)7(11)12/h2-5H,1H3,(H,11,12). The van der Waals surface area contributed by atoms with Crippen molar-refractivity contribution in [1.82, 2.24) is 0 Å². The molecule has 0 saturated carbocycles. The van der Waals surface area contributed by atoms with Gasteiger partial charge in [0.2, 0.25) is 0 Å². The van der Waals surface area contributed by atoms with Gasteiger partial charge in [0, 0.05) is 11.0 Å². The first-order valence-electron chi connectivity index (χ1n) is 3.45. The molecule has 1 aliphatic rings. The Labute approximate surface area is 80.5 Å². The van der Waals surface area contributed by atoms with Crippen molar-refractivity contribution in [2.24, 2.45) is 5.92 Å². The quantitative estimate of drug-likeness (QED) is 0.670. The molecule has 0 saturated heterocycles. The molecule has 0 radical (unpaired) electrons. The van der Waals surface area contributed by atoms with Crippen molar-refractivity contribution in [1.29, 1.82) is 0 Å². The summed E-state index contributed by atoms with van der Waals surface area (Å²) in [7, 11) is 0. The molecule has 2 atom stereocenters. The van der Waals surface area contributed by atoms with E-state index in [0.29, 0.717) is 5.03 Å². The molecule has 1 aliphatic carbocycles. The van der Waals surface area contributed by atoms with Crippen molar-refractivity contribution in [2.75, 3.05) is 0 Å². The number of carboxylic acids is 1. The molecule has 0 aliphatic heterocycles. The molecule has 0 aromatic heterocycles. The van der Waals surface area contributed by atoms with E-state index >= 15 is 0 Å². The van der Waals surface area contributed by atoms with Crippen LogP contribution in [0.2, 0.25) is 0 Å². The number of hydrogen-bond acceptors (Lipinski definition) is 1. The molecule has 0 fully saturated rings. The van der Waals surface area contributed by atoms with Gasteiger partial charge in [0.15, 0.2) is 4.87 Å². The van der Waals surface area contributed by atoms with E-state index in [9.17, 15) is 4.79 Å². The average Bonchev–Trinajstić information content (AvgIpc) is 1.97. The molecule has 1 N–H and O–H groups in total. The van der Waals surface area contributed by atoms with E-state index in [1.54, 1.807) is 19.1 Å². The molecule has 2 unspecified atom stereocenters. The van der Waals surface area contributed by atoms with Gasteiger partial charge >= 0.3 is 5.97 Å². The molecule has 0 amide bonds. The van der Waals surface area contributed by atoms with Gasteiger partial charge in [-0.3, -0.25) is 0 Å². The second-order valence-corrected chi connectivity index (χ2v) is 3.81. The number of rotatable bonds is 1. The number of carbonyl (C=O) groups is 1. The van der Waals surface area contributed by atoms with Gasteiger partial charge in [0.1, 0.15) is 0 Å². The third kappa shape index (κ3) is 1.50. The number of carboxylic acid groups (broad SMARTS) is 1. The summed E-state index contributed by atoms with van der Waals surface area (Å²) in [4.78, 5) is 9.38. The van der Waals surface area contributed by atoms with E-state index in [-0.39, 0.29) is 5.92 Å². The zero-order valence-electron chi connectivity index (χ0n) is 6.42. The molecular formula is C8H8Cl2O2. The van der Waals surface area contributed by atoms with E-state index in [1.807, 2.05) is 0 Å². The molecule has 66 valence electrons. The van der Waals surface area contributed by atoms with Crippen molar-refractivity contribution in [2.45, 2.75) is 11.8 Å². The van der Waals surface area contributed by atoms with Crippen LogP contribution in [-0.4, -0.2) is 16.0 Å². The average molecular weight is 207 g/mol. The fourth-order valence-electron chi connectivity index (χ4n) is 1.01. The van der Waals surface area contributed by atoms with E-state index in [4.69, 9.17) is 28.3 Å². The van der Waals surface area contributed by atoms with Crippen LogP contribution in [0, 0.1) is 5.92 Å². The minimum Gasteiger partial charge on any atom is -0.480 e. The van der Waals surface area contributed by atoms with Crippen LogP contribution in [0.25, 0.3) is 0 Å². The number of aliphatic carboxylic acids is 1. The summed E-state index contributed by atoms with van der Waals surface area (Å²) in [5, 5.41) is 9.18. The maximum Gasteiger partial charge on any atom is 0.329 e. The van der Waals surface area contributed by atoms with Crippen LogP contribution in [0.5, 0.6) is 0 Å². The lowest BCUT2D eigenvalue weighted by Crippen LogP contribution is -2.37. The van der Waals surface area contributed by atoms with Gasteiger partial charge in [-0.15, -0.1) is 11.6 Å². The molecule has 12 heavy (non-hydrogen) atoms. The Kier molecular flexibility index (Phi) is 2.49. The molecule has 0 aromatic rings. The lowest BCUT2D eigenvalue weighted by atomic mass is 9.89. The molecule has 0 bridgehead atoms. The second kappa shape index (κ2) is 3.11. The summed E-state index contributed by atoms with van der Waals surface area (Å²) in [5.74, 6) is -1.32. The van der Waals surface area contributed by atoms with E-state index in [0.717, 1.165) is 0 Å². The Morgan fingerprint density at radius 2 is 2.33 bits per heavy atom. The fraction of sp³-hybridized carbons (Fsp3) is 0.375. The van der Waals surface area contributed by atoms with Gasteiger partial charge in [0.05, 0.1) is 0 Å². The number of hydrogen-bond donors (Lipinski definition) is 1. The Morgan fingerprint density at radius 1 is 1.75 bits per heavy atom. The lowest BCUT2D eigenvalue weighted by Gasteiger charge is -2.26. The van der Waals surface area contributed by atoms with Gasteiger partial charge in [-0.1, -0.05) is 24.6 Å². The van der Waals surface area contributed by atoms with Gasteiger partial charge in [-0.05, 0) is 12.2 Å². The van der Waals surface area contributed by atoms with E-state index < -0.39 is 10.8 Å². The molecular weight excluding hydrogens is 199 g/mol. The predicted octanol–water partition coefficient (Wildman–Crippen LogP) is 2.38. The normalized spacial score (nSPS) is 34.6. The van der Waals surface area contributed by atoms with Gasteiger partial charge in [0.25, 0.3) is 0 Å². The predicted molar refractivity (Wildman–Crippen MR) is 48.5 cm³/mol. The zero-order chi connectivity index (χ0) is 9.35. The van der Waals surface area contributed by atoms with E-state index in [1.165, 1.54) is 6.08 Å². The summed E-state index contributed by atoms with van der Waals surface area (Å²) in [6.45, 7) is 1.73. The maximum atomic E-state index is 10.8. The van der Waals surface area contributed by atoms with E-state index in [2.05, 4.69) is 0 Å². The van der Waals surface area contributed by atoms with Gasteiger partial charge in [-0.2, -0.15) is 0 Å². The largest absolute Gasteiger partial charge is 0.480 e. The second-order valence-electron chi connectivity index (χ2n) is 2.75. The van der Waals surface area contributed by atoms with Crippen LogP contribution in [-0.2, 0) is 4.79 Å². The Balaban J connectivity index is 3.05. The van der Waals surface area contributed by atoms with Crippen molar-refractivity contribution in [3.8, 4) is 0 Å². The SMILES string of the molecule is CC1C=CC(Cl)=CC1(Cl)C(=O)O. The number of alkyl halides is 1. The highest BCUT2D eigenvalue weighted by atomic mass is 35.5. The van der Waals surface area contributed by atoms with Crippen LogP contribution in [0.1, 0.15) is 6.92 Å². The van der Waals surface area contributed by atoms with Crippen LogP contribution < -0.4 is 0 Å². The van der Waals surface area contributed by atoms with Gasteiger partial charge in [-0.25, -0.2) is 4.79 Å².